The van der Waals surface area contributed by atoms with Gasteiger partial charge >= 0.3 is 0 Å². The number of amides is 2. The van der Waals surface area contributed by atoms with Gasteiger partial charge < -0.3 is 15.0 Å². The van der Waals surface area contributed by atoms with Gasteiger partial charge in [-0.05, 0) is 65.0 Å². The Bertz CT molecular complexity index is 1190. The number of hydrogen-bond acceptors (Lipinski definition) is 3. The standard InChI is InChI=1S/C29H33BrN2O3/c1-20-9-8-10-22(17-20)18-32(21(2)29(34)31-24-12-4-3-5-13-24)27(33)19-35-26-16-15-23-11-6-7-14-25(23)28(26)30/h6-11,14-17,21,24H,3-5,12-13,18-19H2,1-2H3,(H,31,34). The molecule has 1 N–H and O–H groups in total. The summed E-state index contributed by atoms with van der Waals surface area (Å²) in [4.78, 5) is 28.2. The summed E-state index contributed by atoms with van der Waals surface area (Å²) in [6.45, 7) is 4.03. The van der Waals surface area contributed by atoms with Gasteiger partial charge in [0.15, 0.2) is 6.61 Å². The summed E-state index contributed by atoms with van der Waals surface area (Å²) in [5.41, 5.74) is 2.10. The predicted octanol–water partition coefficient (Wildman–Crippen LogP) is 6.16. The van der Waals surface area contributed by atoms with E-state index < -0.39 is 6.04 Å². The van der Waals surface area contributed by atoms with Gasteiger partial charge in [-0.3, -0.25) is 9.59 Å². The monoisotopic (exact) mass is 536 g/mol. The van der Waals surface area contributed by atoms with Crippen LogP contribution in [0.3, 0.4) is 0 Å². The normalized spacial score (nSPS) is 14.9. The smallest absolute Gasteiger partial charge is 0.261 e. The van der Waals surface area contributed by atoms with Crippen LogP contribution in [0.2, 0.25) is 0 Å². The van der Waals surface area contributed by atoms with Crippen LogP contribution in [-0.2, 0) is 16.1 Å². The molecular formula is C29H33BrN2O3. The van der Waals surface area contributed by atoms with Crippen molar-refractivity contribution in [2.75, 3.05) is 6.61 Å². The first kappa shape index (κ1) is 25.2. The van der Waals surface area contributed by atoms with E-state index in [2.05, 4.69) is 21.2 Å². The summed E-state index contributed by atoms with van der Waals surface area (Å²) in [6.07, 6.45) is 5.51. The van der Waals surface area contributed by atoms with Crippen LogP contribution < -0.4 is 10.1 Å². The van der Waals surface area contributed by atoms with Crippen molar-refractivity contribution in [3.63, 3.8) is 0 Å². The quantitative estimate of drug-likeness (QED) is 0.375. The average Bonchev–Trinajstić information content (AvgIpc) is 2.87. The Morgan fingerprint density at radius 3 is 2.60 bits per heavy atom. The number of aryl methyl sites for hydroxylation is 1. The third kappa shape index (κ3) is 6.43. The third-order valence-corrected chi connectivity index (χ3v) is 7.55. The van der Waals surface area contributed by atoms with Gasteiger partial charge in [0.2, 0.25) is 5.91 Å². The van der Waals surface area contributed by atoms with E-state index in [1.165, 1.54) is 6.42 Å². The van der Waals surface area contributed by atoms with E-state index in [1.54, 1.807) is 11.8 Å². The number of halogens is 1. The van der Waals surface area contributed by atoms with Crippen LogP contribution in [0.25, 0.3) is 10.8 Å². The molecule has 0 saturated heterocycles. The molecule has 1 fully saturated rings. The van der Waals surface area contributed by atoms with Crippen molar-refractivity contribution < 1.29 is 14.3 Å². The van der Waals surface area contributed by atoms with E-state index in [0.29, 0.717) is 12.3 Å². The molecule has 1 aliphatic rings. The molecule has 184 valence electrons. The van der Waals surface area contributed by atoms with Gasteiger partial charge in [0.25, 0.3) is 5.91 Å². The first-order valence-corrected chi connectivity index (χ1v) is 13.2. The molecule has 0 spiro atoms. The fourth-order valence-electron chi connectivity index (χ4n) is 4.71. The number of rotatable bonds is 8. The number of carbonyl (C=O) groups excluding carboxylic acids is 2. The maximum Gasteiger partial charge on any atom is 0.261 e. The molecule has 3 aromatic rings. The van der Waals surface area contributed by atoms with E-state index in [9.17, 15) is 9.59 Å². The molecule has 0 aromatic heterocycles. The minimum atomic E-state index is -0.603. The van der Waals surface area contributed by atoms with Gasteiger partial charge in [-0.2, -0.15) is 0 Å². The lowest BCUT2D eigenvalue weighted by atomic mass is 9.95. The van der Waals surface area contributed by atoms with Gasteiger partial charge in [-0.25, -0.2) is 0 Å². The highest BCUT2D eigenvalue weighted by Crippen LogP contribution is 2.33. The van der Waals surface area contributed by atoms with Crippen LogP contribution in [0.4, 0.5) is 0 Å². The number of carbonyl (C=O) groups is 2. The third-order valence-electron chi connectivity index (χ3n) is 6.73. The Morgan fingerprint density at radius 1 is 1.06 bits per heavy atom. The van der Waals surface area contributed by atoms with Crippen molar-refractivity contribution in [1.29, 1.82) is 0 Å². The maximum atomic E-state index is 13.4. The molecule has 3 aromatic carbocycles. The molecule has 1 unspecified atom stereocenters. The molecule has 0 radical (unpaired) electrons. The van der Waals surface area contributed by atoms with Crippen LogP contribution in [0.15, 0.2) is 65.1 Å². The van der Waals surface area contributed by atoms with E-state index in [4.69, 9.17) is 4.74 Å². The molecule has 0 bridgehead atoms. The highest BCUT2D eigenvalue weighted by atomic mass is 79.9. The minimum absolute atomic E-state index is 0.107. The lowest BCUT2D eigenvalue weighted by Crippen LogP contribution is -2.51. The van der Waals surface area contributed by atoms with Crippen LogP contribution in [0.1, 0.15) is 50.2 Å². The van der Waals surface area contributed by atoms with Gasteiger partial charge in [-0.1, -0.05) is 79.4 Å². The Labute approximate surface area is 216 Å². The van der Waals surface area contributed by atoms with Crippen molar-refractivity contribution in [2.24, 2.45) is 0 Å². The lowest BCUT2D eigenvalue weighted by Gasteiger charge is -2.31. The van der Waals surface area contributed by atoms with Gasteiger partial charge in [0.1, 0.15) is 11.8 Å². The fraction of sp³-hybridized carbons (Fsp3) is 0.379. The van der Waals surface area contributed by atoms with Crippen molar-refractivity contribution in [2.45, 2.75) is 64.6 Å². The molecule has 0 heterocycles. The first-order chi connectivity index (χ1) is 16.9. The van der Waals surface area contributed by atoms with Crippen molar-refractivity contribution in [3.05, 3.63) is 76.3 Å². The fourth-order valence-corrected chi connectivity index (χ4v) is 5.31. The summed E-state index contributed by atoms with van der Waals surface area (Å²) >= 11 is 3.62. The van der Waals surface area contributed by atoms with Crippen LogP contribution in [-0.4, -0.2) is 35.4 Å². The second-order valence-electron chi connectivity index (χ2n) is 9.42. The molecule has 4 rings (SSSR count). The number of ether oxygens (including phenoxy) is 1. The Balaban J connectivity index is 1.49. The van der Waals surface area contributed by atoms with Crippen LogP contribution >= 0.6 is 15.9 Å². The molecular weight excluding hydrogens is 504 g/mol. The Morgan fingerprint density at radius 2 is 1.83 bits per heavy atom. The number of nitrogens with zero attached hydrogens (tertiary/aromatic N) is 1. The highest BCUT2D eigenvalue weighted by Gasteiger charge is 2.28. The number of hydrogen-bond donors (Lipinski definition) is 1. The molecule has 2 amide bonds. The molecule has 35 heavy (non-hydrogen) atoms. The molecule has 0 aliphatic heterocycles. The number of nitrogens with one attached hydrogen (secondary N) is 1. The Kier molecular flexibility index (Phi) is 8.45. The van der Waals surface area contributed by atoms with E-state index >= 15 is 0 Å². The molecule has 6 heteroatoms. The zero-order valence-corrected chi connectivity index (χ0v) is 22.0. The van der Waals surface area contributed by atoms with Crippen molar-refractivity contribution in [1.82, 2.24) is 10.2 Å². The van der Waals surface area contributed by atoms with Gasteiger partial charge in [0, 0.05) is 12.6 Å². The molecule has 1 saturated carbocycles. The zero-order valence-electron chi connectivity index (χ0n) is 20.4. The van der Waals surface area contributed by atoms with Crippen LogP contribution in [0.5, 0.6) is 5.75 Å². The summed E-state index contributed by atoms with van der Waals surface area (Å²) in [5, 5.41) is 5.29. The number of benzene rings is 3. The molecule has 1 aliphatic carbocycles. The van der Waals surface area contributed by atoms with E-state index in [1.807, 2.05) is 67.6 Å². The van der Waals surface area contributed by atoms with Gasteiger partial charge in [-0.15, -0.1) is 0 Å². The summed E-state index contributed by atoms with van der Waals surface area (Å²) in [7, 11) is 0. The number of fused-ring (bicyclic) bond motifs is 1. The maximum absolute atomic E-state index is 13.4. The molecule has 1 atom stereocenters. The largest absolute Gasteiger partial charge is 0.483 e. The van der Waals surface area contributed by atoms with Crippen LogP contribution in [0, 0.1) is 6.92 Å². The summed E-state index contributed by atoms with van der Waals surface area (Å²) in [5.74, 6) is 0.273. The zero-order chi connectivity index (χ0) is 24.8. The summed E-state index contributed by atoms with van der Waals surface area (Å²) in [6, 6.07) is 19.5. The van der Waals surface area contributed by atoms with Crippen molar-refractivity contribution in [3.8, 4) is 5.75 Å². The SMILES string of the molecule is Cc1cccc(CN(C(=O)COc2ccc3ccccc3c2Br)C(C)C(=O)NC2CCCCC2)c1. The van der Waals surface area contributed by atoms with E-state index in [0.717, 1.165) is 52.1 Å². The predicted molar refractivity (Wildman–Crippen MR) is 143 cm³/mol. The van der Waals surface area contributed by atoms with Crippen molar-refractivity contribution >= 4 is 38.5 Å². The Hall–Kier alpha value is -2.86. The van der Waals surface area contributed by atoms with E-state index in [-0.39, 0.29) is 24.5 Å². The second kappa shape index (κ2) is 11.7. The average molecular weight is 537 g/mol. The topological polar surface area (TPSA) is 58.6 Å². The van der Waals surface area contributed by atoms with Gasteiger partial charge in [0.05, 0.1) is 4.47 Å². The minimum Gasteiger partial charge on any atom is -0.483 e. The highest BCUT2D eigenvalue weighted by molar-refractivity contribution is 9.10. The lowest BCUT2D eigenvalue weighted by molar-refractivity contribution is -0.142. The molecule has 5 nitrogen and oxygen atoms in total. The second-order valence-corrected chi connectivity index (χ2v) is 10.2. The summed E-state index contributed by atoms with van der Waals surface area (Å²) < 4.78 is 6.78. The first-order valence-electron chi connectivity index (χ1n) is 12.4.